The first kappa shape index (κ1) is 24.1. The zero-order valence-electron chi connectivity index (χ0n) is 16.1. The molecule has 0 saturated carbocycles. The van der Waals surface area contributed by atoms with E-state index in [0.717, 1.165) is 58.1 Å². The van der Waals surface area contributed by atoms with Gasteiger partial charge in [-0.1, -0.05) is 0 Å². The molecule has 2 aromatic rings. The molecule has 1 aromatic carbocycles. The zero-order chi connectivity index (χ0) is 19.2. The topological polar surface area (TPSA) is 50.3 Å². The standard InChI is InChI=1S/C19H24F3N3O2.2ClH/c1-12-10-17-16(11-15(12)19(20,21)22)23-18(26)25(17)14-2-6-24(7-3-14)13-4-8-27-9-5-13;;/h10-11,13-14H,2-9H2,1H3,(H,23,26);2*1H. The first-order valence-electron chi connectivity index (χ1n) is 9.48. The molecule has 1 aromatic heterocycles. The second-order valence-corrected chi connectivity index (χ2v) is 7.59. The van der Waals surface area contributed by atoms with Gasteiger partial charge in [0.2, 0.25) is 0 Å². The summed E-state index contributed by atoms with van der Waals surface area (Å²) in [5, 5.41) is 0. The predicted molar refractivity (Wildman–Crippen MR) is 110 cm³/mol. The van der Waals surface area contributed by atoms with E-state index in [-0.39, 0.29) is 47.6 Å². The van der Waals surface area contributed by atoms with Crippen LogP contribution in [-0.4, -0.2) is 46.8 Å². The molecule has 1 N–H and O–H groups in total. The Morgan fingerprint density at radius 3 is 2.24 bits per heavy atom. The third kappa shape index (κ3) is 4.76. The van der Waals surface area contributed by atoms with Crippen LogP contribution >= 0.6 is 24.8 Å². The van der Waals surface area contributed by atoms with E-state index in [2.05, 4.69) is 9.88 Å². The van der Waals surface area contributed by atoms with Crippen LogP contribution in [0.4, 0.5) is 13.2 Å². The summed E-state index contributed by atoms with van der Waals surface area (Å²) in [6.45, 7) is 4.83. The van der Waals surface area contributed by atoms with Crippen LogP contribution in [0.3, 0.4) is 0 Å². The second-order valence-electron chi connectivity index (χ2n) is 7.59. The number of likely N-dealkylation sites (tertiary alicyclic amines) is 1. The Bertz CT molecular complexity index is 883. The highest BCUT2D eigenvalue weighted by atomic mass is 35.5. The molecule has 2 aliphatic rings. The summed E-state index contributed by atoms with van der Waals surface area (Å²) in [5.41, 5.74) is -0.0619. The van der Waals surface area contributed by atoms with Crippen molar-refractivity contribution in [1.29, 1.82) is 0 Å². The minimum absolute atomic E-state index is 0. The van der Waals surface area contributed by atoms with Gasteiger partial charge < -0.3 is 14.6 Å². The van der Waals surface area contributed by atoms with Crippen molar-refractivity contribution in [1.82, 2.24) is 14.5 Å². The monoisotopic (exact) mass is 455 g/mol. The van der Waals surface area contributed by atoms with E-state index in [1.165, 1.54) is 13.0 Å². The molecule has 5 nitrogen and oxygen atoms in total. The van der Waals surface area contributed by atoms with Crippen LogP contribution in [0.15, 0.2) is 16.9 Å². The predicted octanol–water partition coefficient (Wildman–Crippen LogP) is 4.32. The molecule has 0 radical (unpaired) electrons. The number of hydrogen-bond donors (Lipinski definition) is 1. The summed E-state index contributed by atoms with van der Waals surface area (Å²) in [6.07, 6.45) is -0.699. The fourth-order valence-electron chi connectivity index (χ4n) is 4.50. The number of H-pyrrole nitrogens is 1. The number of aromatic amines is 1. The van der Waals surface area contributed by atoms with Crippen LogP contribution in [0.1, 0.15) is 42.9 Å². The van der Waals surface area contributed by atoms with Gasteiger partial charge in [0.05, 0.1) is 16.6 Å². The van der Waals surface area contributed by atoms with E-state index in [9.17, 15) is 18.0 Å². The molecule has 0 aliphatic carbocycles. The highest BCUT2D eigenvalue weighted by molar-refractivity contribution is 5.85. The van der Waals surface area contributed by atoms with Gasteiger partial charge in [-0.2, -0.15) is 13.2 Å². The van der Waals surface area contributed by atoms with E-state index < -0.39 is 11.7 Å². The molecule has 10 heteroatoms. The number of piperidine rings is 1. The number of hydrogen-bond acceptors (Lipinski definition) is 3. The summed E-state index contributed by atoms with van der Waals surface area (Å²) < 4.78 is 46.5. The van der Waals surface area contributed by atoms with Crippen LogP contribution in [-0.2, 0) is 10.9 Å². The maximum absolute atomic E-state index is 13.1. The van der Waals surface area contributed by atoms with E-state index in [1.807, 2.05) is 0 Å². The molecular weight excluding hydrogens is 430 g/mol. The van der Waals surface area contributed by atoms with Crippen LogP contribution in [0.5, 0.6) is 0 Å². The van der Waals surface area contributed by atoms with Gasteiger partial charge in [-0.05, 0) is 50.3 Å². The fourth-order valence-corrected chi connectivity index (χ4v) is 4.50. The number of aryl methyl sites for hydroxylation is 1. The number of fused-ring (bicyclic) bond motifs is 1. The molecule has 164 valence electrons. The summed E-state index contributed by atoms with van der Waals surface area (Å²) in [4.78, 5) is 17.6. The average molecular weight is 456 g/mol. The van der Waals surface area contributed by atoms with Crippen LogP contribution in [0.2, 0.25) is 0 Å². The Hall–Kier alpha value is -1.22. The van der Waals surface area contributed by atoms with Gasteiger partial charge >= 0.3 is 11.9 Å². The SMILES string of the molecule is Cc1cc2c(cc1C(F)(F)F)[nH]c(=O)n2C1CCN(C2CCOCC2)CC1.Cl.Cl. The zero-order valence-corrected chi connectivity index (χ0v) is 17.8. The number of imidazole rings is 1. The van der Waals surface area contributed by atoms with E-state index in [1.54, 1.807) is 4.57 Å². The van der Waals surface area contributed by atoms with Crippen molar-refractivity contribution in [2.75, 3.05) is 26.3 Å². The van der Waals surface area contributed by atoms with Gasteiger partial charge in [0.15, 0.2) is 0 Å². The van der Waals surface area contributed by atoms with Crippen molar-refractivity contribution in [3.05, 3.63) is 33.7 Å². The first-order valence-corrected chi connectivity index (χ1v) is 9.48. The first-order chi connectivity index (χ1) is 12.8. The van der Waals surface area contributed by atoms with E-state index in [0.29, 0.717) is 11.6 Å². The van der Waals surface area contributed by atoms with E-state index in [4.69, 9.17) is 4.74 Å². The molecule has 3 heterocycles. The molecule has 0 atom stereocenters. The molecule has 0 spiro atoms. The van der Waals surface area contributed by atoms with Gasteiger partial charge in [-0.3, -0.25) is 4.57 Å². The lowest BCUT2D eigenvalue weighted by Gasteiger charge is -2.39. The Labute approximate surface area is 179 Å². The Morgan fingerprint density at radius 1 is 1.03 bits per heavy atom. The maximum atomic E-state index is 13.1. The minimum Gasteiger partial charge on any atom is -0.381 e. The molecule has 0 amide bonds. The largest absolute Gasteiger partial charge is 0.416 e. The van der Waals surface area contributed by atoms with Gasteiger partial charge in [-0.25, -0.2) is 4.79 Å². The molecule has 0 unspecified atom stereocenters. The maximum Gasteiger partial charge on any atom is 0.416 e. The lowest BCUT2D eigenvalue weighted by molar-refractivity contribution is -0.137. The third-order valence-corrected chi connectivity index (χ3v) is 5.94. The number of nitrogens with zero attached hydrogens (tertiary/aromatic N) is 2. The second kappa shape index (κ2) is 9.29. The van der Waals surface area contributed by atoms with Crippen molar-refractivity contribution in [2.45, 2.75) is 50.9 Å². The van der Waals surface area contributed by atoms with Crippen molar-refractivity contribution in [3.63, 3.8) is 0 Å². The average Bonchev–Trinajstić information content (AvgIpc) is 2.96. The van der Waals surface area contributed by atoms with Gasteiger partial charge in [-0.15, -0.1) is 24.8 Å². The van der Waals surface area contributed by atoms with Crippen molar-refractivity contribution in [2.24, 2.45) is 0 Å². The fraction of sp³-hybridized carbons (Fsp3) is 0.632. The Morgan fingerprint density at radius 2 is 1.66 bits per heavy atom. The number of nitrogens with one attached hydrogen (secondary N) is 1. The number of ether oxygens (including phenoxy) is 1. The number of benzene rings is 1. The van der Waals surface area contributed by atoms with Crippen LogP contribution in [0, 0.1) is 6.92 Å². The lowest BCUT2D eigenvalue weighted by atomic mass is 9.99. The summed E-state index contributed by atoms with van der Waals surface area (Å²) >= 11 is 0. The van der Waals surface area contributed by atoms with Crippen LogP contribution < -0.4 is 5.69 Å². The normalized spacial score (nSPS) is 19.7. The van der Waals surface area contributed by atoms with Crippen molar-refractivity contribution >= 4 is 35.8 Å². The molecule has 4 rings (SSSR count). The van der Waals surface area contributed by atoms with Gasteiger partial charge in [0.25, 0.3) is 0 Å². The smallest absolute Gasteiger partial charge is 0.381 e. The molecular formula is C19H26Cl2F3N3O2. The summed E-state index contributed by atoms with van der Waals surface area (Å²) in [5.74, 6) is 0. The van der Waals surface area contributed by atoms with Gasteiger partial charge in [0, 0.05) is 38.4 Å². The molecule has 0 bridgehead atoms. The lowest BCUT2D eigenvalue weighted by Crippen LogP contribution is -2.45. The minimum atomic E-state index is -4.42. The third-order valence-electron chi connectivity index (χ3n) is 5.94. The Balaban J connectivity index is 0.00000150. The quantitative estimate of drug-likeness (QED) is 0.733. The van der Waals surface area contributed by atoms with Crippen molar-refractivity contribution < 1.29 is 17.9 Å². The highest BCUT2D eigenvalue weighted by Gasteiger charge is 2.34. The van der Waals surface area contributed by atoms with Gasteiger partial charge in [0.1, 0.15) is 0 Å². The molecule has 2 saturated heterocycles. The van der Waals surface area contributed by atoms with E-state index >= 15 is 0 Å². The number of halogens is 5. The Kier molecular flexibility index (Phi) is 7.70. The van der Waals surface area contributed by atoms with Crippen LogP contribution in [0.25, 0.3) is 11.0 Å². The summed E-state index contributed by atoms with van der Waals surface area (Å²) in [6, 6.07) is 3.09. The van der Waals surface area contributed by atoms with Crippen molar-refractivity contribution in [3.8, 4) is 0 Å². The number of alkyl halides is 3. The number of rotatable bonds is 2. The molecule has 2 fully saturated rings. The summed E-state index contributed by atoms with van der Waals surface area (Å²) in [7, 11) is 0. The number of aromatic nitrogens is 2. The molecule has 29 heavy (non-hydrogen) atoms. The highest BCUT2D eigenvalue weighted by Crippen LogP contribution is 2.35. The molecule has 2 aliphatic heterocycles.